The van der Waals surface area contributed by atoms with Gasteiger partial charge in [0.25, 0.3) is 0 Å². The zero-order chi connectivity index (χ0) is 15.7. The first kappa shape index (κ1) is 13.4. The van der Waals surface area contributed by atoms with E-state index in [1.807, 2.05) is 0 Å². The van der Waals surface area contributed by atoms with Crippen molar-refractivity contribution in [2.24, 2.45) is 17.8 Å². The topological polar surface area (TPSA) is 12.9 Å². The Labute approximate surface area is 143 Å². The molecule has 4 aliphatic carbocycles. The lowest BCUT2D eigenvalue weighted by Crippen LogP contribution is -2.48. The van der Waals surface area contributed by atoms with Crippen molar-refractivity contribution >= 4 is 21.7 Å². The van der Waals surface area contributed by atoms with Gasteiger partial charge in [-0.25, -0.2) is 0 Å². The van der Waals surface area contributed by atoms with E-state index < -0.39 is 0 Å². The maximum absolute atomic E-state index is 5.22. The predicted molar refractivity (Wildman–Crippen MR) is 99.1 cm³/mol. The molecule has 4 saturated carbocycles. The molecule has 4 fully saturated rings. The molecule has 7 rings (SSSR count). The van der Waals surface area contributed by atoms with Gasteiger partial charge in [-0.1, -0.05) is 36.4 Å². The van der Waals surface area contributed by atoms with Crippen molar-refractivity contribution in [1.29, 1.82) is 0 Å². The third-order valence-corrected chi connectivity index (χ3v) is 7.18. The van der Waals surface area contributed by atoms with Crippen LogP contribution in [0.15, 0.2) is 48.5 Å². The molecular formula is C23H23N. The van der Waals surface area contributed by atoms with Crippen molar-refractivity contribution < 1.29 is 0 Å². The molecule has 0 amide bonds. The minimum absolute atomic E-state index is 0.397. The van der Waals surface area contributed by atoms with Crippen LogP contribution >= 0.6 is 0 Å². The van der Waals surface area contributed by atoms with Gasteiger partial charge in [0.2, 0.25) is 0 Å². The summed E-state index contributed by atoms with van der Waals surface area (Å²) < 4.78 is 0. The highest BCUT2D eigenvalue weighted by Gasteiger charge is 2.52. The Kier molecular flexibility index (Phi) is 2.57. The summed E-state index contributed by atoms with van der Waals surface area (Å²) >= 11 is 0. The summed E-state index contributed by atoms with van der Waals surface area (Å²) in [4.78, 5) is 5.22. The number of pyridine rings is 1. The molecule has 0 atom stereocenters. The van der Waals surface area contributed by atoms with Gasteiger partial charge in [-0.05, 0) is 79.2 Å². The quantitative estimate of drug-likeness (QED) is 0.513. The molecular weight excluding hydrogens is 290 g/mol. The van der Waals surface area contributed by atoms with Gasteiger partial charge in [0, 0.05) is 16.5 Å². The number of nitrogens with zero attached hydrogens (tertiary/aromatic N) is 1. The number of hydrogen-bond acceptors (Lipinski definition) is 1. The smallest absolute Gasteiger partial charge is 0.0712 e. The molecule has 0 unspecified atom stereocenters. The van der Waals surface area contributed by atoms with Gasteiger partial charge in [-0.3, -0.25) is 4.98 Å². The van der Waals surface area contributed by atoms with Crippen LogP contribution in [0.25, 0.3) is 21.7 Å². The molecule has 0 aliphatic heterocycles. The van der Waals surface area contributed by atoms with Gasteiger partial charge in [-0.2, -0.15) is 0 Å². The molecule has 2 aromatic carbocycles. The predicted octanol–water partition coefficient (Wildman–Crippen LogP) is 5.86. The van der Waals surface area contributed by atoms with Crippen LogP contribution in [0.5, 0.6) is 0 Å². The molecule has 0 N–H and O–H groups in total. The van der Waals surface area contributed by atoms with Crippen LogP contribution in [0, 0.1) is 17.8 Å². The van der Waals surface area contributed by atoms with E-state index in [2.05, 4.69) is 48.5 Å². The molecule has 1 nitrogen and oxygen atoms in total. The van der Waals surface area contributed by atoms with Crippen molar-refractivity contribution in [2.75, 3.05) is 0 Å². The van der Waals surface area contributed by atoms with E-state index in [9.17, 15) is 0 Å². The molecule has 24 heavy (non-hydrogen) atoms. The minimum atomic E-state index is 0.397. The Morgan fingerprint density at radius 1 is 0.708 bits per heavy atom. The SMILES string of the molecule is c1ccc2c(c1)ccc1nc(C34CC5CC(CC(C5)C3)C4)ccc12. The molecule has 1 heterocycles. The normalized spacial score (nSPS) is 34.2. The van der Waals surface area contributed by atoms with E-state index in [-0.39, 0.29) is 0 Å². The molecule has 0 spiro atoms. The average molecular weight is 313 g/mol. The molecule has 120 valence electrons. The second kappa shape index (κ2) is 4.59. The standard InChI is InChI=1S/C23H23N/c1-2-4-19-18(3-1)5-7-21-20(19)6-8-22(24-21)23-12-15-9-16(13-23)11-17(10-15)14-23/h1-8,15-17H,9-14H2. The van der Waals surface area contributed by atoms with Crippen LogP contribution in [0.2, 0.25) is 0 Å². The first-order valence-corrected chi connectivity index (χ1v) is 9.58. The summed E-state index contributed by atoms with van der Waals surface area (Å²) in [6.07, 6.45) is 8.67. The van der Waals surface area contributed by atoms with E-state index >= 15 is 0 Å². The number of rotatable bonds is 1. The lowest BCUT2D eigenvalue weighted by molar-refractivity contribution is -0.00705. The Hall–Kier alpha value is -1.89. The maximum Gasteiger partial charge on any atom is 0.0712 e. The van der Waals surface area contributed by atoms with Crippen molar-refractivity contribution in [3.8, 4) is 0 Å². The van der Waals surface area contributed by atoms with Gasteiger partial charge < -0.3 is 0 Å². The highest BCUT2D eigenvalue weighted by Crippen LogP contribution is 2.60. The Morgan fingerprint density at radius 3 is 2.17 bits per heavy atom. The van der Waals surface area contributed by atoms with Crippen molar-refractivity contribution in [1.82, 2.24) is 4.98 Å². The first-order chi connectivity index (χ1) is 11.8. The van der Waals surface area contributed by atoms with E-state index in [1.54, 1.807) is 0 Å². The number of aromatic nitrogens is 1. The maximum atomic E-state index is 5.22. The molecule has 4 bridgehead atoms. The summed E-state index contributed by atoms with van der Waals surface area (Å²) in [5, 5.41) is 3.95. The first-order valence-electron chi connectivity index (χ1n) is 9.58. The van der Waals surface area contributed by atoms with E-state index in [0.29, 0.717) is 5.41 Å². The van der Waals surface area contributed by atoms with Crippen LogP contribution in [0.3, 0.4) is 0 Å². The summed E-state index contributed by atoms with van der Waals surface area (Å²) in [6, 6.07) is 17.8. The lowest BCUT2D eigenvalue weighted by Gasteiger charge is -2.56. The Bertz CT molecular complexity index is 919. The number of benzene rings is 2. The zero-order valence-corrected chi connectivity index (χ0v) is 14.0. The summed E-state index contributed by atoms with van der Waals surface area (Å²) in [7, 11) is 0. The third-order valence-electron chi connectivity index (χ3n) is 7.18. The van der Waals surface area contributed by atoms with Crippen molar-refractivity contribution in [3.63, 3.8) is 0 Å². The molecule has 1 heteroatoms. The fourth-order valence-electron chi connectivity index (χ4n) is 6.61. The van der Waals surface area contributed by atoms with Crippen molar-refractivity contribution in [2.45, 2.75) is 43.9 Å². The van der Waals surface area contributed by atoms with Gasteiger partial charge >= 0.3 is 0 Å². The molecule has 1 aromatic heterocycles. The monoisotopic (exact) mass is 313 g/mol. The van der Waals surface area contributed by atoms with Gasteiger partial charge in [0.05, 0.1) is 5.52 Å². The van der Waals surface area contributed by atoms with Gasteiger partial charge in [-0.15, -0.1) is 0 Å². The summed E-state index contributed by atoms with van der Waals surface area (Å²) in [5.74, 6) is 2.93. The highest BCUT2D eigenvalue weighted by atomic mass is 14.8. The Morgan fingerprint density at radius 2 is 1.42 bits per heavy atom. The lowest BCUT2D eigenvalue weighted by atomic mass is 9.49. The second-order valence-corrected chi connectivity index (χ2v) is 8.75. The minimum Gasteiger partial charge on any atom is -0.252 e. The van der Waals surface area contributed by atoms with Crippen LogP contribution in [0.1, 0.15) is 44.2 Å². The Balaban J connectivity index is 1.52. The van der Waals surface area contributed by atoms with Crippen LogP contribution in [-0.2, 0) is 5.41 Å². The van der Waals surface area contributed by atoms with Crippen molar-refractivity contribution in [3.05, 3.63) is 54.2 Å². The fraction of sp³-hybridized carbons (Fsp3) is 0.435. The van der Waals surface area contributed by atoms with Gasteiger partial charge in [0.15, 0.2) is 0 Å². The molecule has 0 radical (unpaired) electrons. The summed E-state index contributed by atoms with van der Waals surface area (Å²) in [6.45, 7) is 0. The second-order valence-electron chi connectivity index (χ2n) is 8.75. The van der Waals surface area contributed by atoms with E-state index in [4.69, 9.17) is 4.98 Å². The summed E-state index contributed by atoms with van der Waals surface area (Å²) in [5.41, 5.74) is 2.97. The largest absolute Gasteiger partial charge is 0.252 e. The molecule has 0 saturated heterocycles. The van der Waals surface area contributed by atoms with Gasteiger partial charge in [0.1, 0.15) is 0 Å². The molecule has 4 aliphatic rings. The third kappa shape index (κ3) is 1.79. The molecule has 3 aromatic rings. The van der Waals surface area contributed by atoms with E-state index in [1.165, 1.54) is 65.9 Å². The number of fused-ring (bicyclic) bond motifs is 3. The van der Waals surface area contributed by atoms with Crippen LogP contribution in [0.4, 0.5) is 0 Å². The van der Waals surface area contributed by atoms with Crippen LogP contribution in [-0.4, -0.2) is 4.98 Å². The number of hydrogen-bond donors (Lipinski definition) is 0. The highest BCUT2D eigenvalue weighted by molar-refractivity contribution is 6.06. The average Bonchev–Trinajstić information content (AvgIpc) is 2.60. The fourth-order valence-corrected chi connectivity index (χ4v) is 6.61. The van der Waals surface area contributed by atoms with E-state index in [0.717, 1.165) is 17.8 Å². The van der Waals surface area contributed by atoms with Crippen LogP contribution < -0.4 is 0 Å². The zero-order valence-electron chi connectivity index (χ0n) is 14.0.